The van der Waals surface area contributed by atoms with E-state index >= 15 is 0 Å². The number of rotatable bonds is 5. The van der Waals surface area contributed by atoms with Crippen LogP contribution < -0.4 is 10.9 Å². The van der Waals surface area contributed by atoms with Crippen LogP contribution in [0, 0.1) is 0 Å². The summed E-state index contributed by atoms with van der Waals surface area (Å²) in [6, 6.07) is 18.7. The second-order valence-corrected chi connectivity index (χ2v) is 7.76. The highest BCUT2D eigenvalue weighted by atomic mass is 16.1. The van der Waals surface area contributed by atoms with E-state index in [1.807, 2.05) is 30.3 Å². The zero-order valence-electron chi connectivity index (χ0n) is 16.9. The van der Waals surface area contributed by atoms with Gasteiger partial charge in [-0.2, -0.15) is 10.1 Å². The molecule has 2 aromatic heterocycles. The molecule has 30 heavy (non-hydrogen) atoms. The Hall–Kier alpha value is -3.45. The first-order chi connectivity index (χ1) is 14.7. The van der Waals surface area contributed by atoms with Crippen molar-refractivity contribution in [3.8, 4) is 5.69 Å². The third-order valence-electron chi connectivity index (χ3n) is 5.79. The number of nitrogens with one attached hydrogen (secondary N) is 2. The fourth-order valence-corrected chi connectivity index (χ4v) is 4.03. The Kier molecular flexibility index (Phi) is 4.80. The van der Waals surface area contributed by atoms with E-state index in [-0.39, 0.29) is 5.56 Å². The number of fused-ring (bicyclic) bond motifs is 2. The smallest absolute Gasteiger partial charge is 0.263 e. The predicted molar refractivity (Wildman–Crippen MR) is 118 cm³/mol. The topological polar surface area (TPSA) is 78.8 Å². The molecule has 1 atom stereocenters. The Bertz CT molecular complexity index is 1230. The second kappa shape index (κ2) is 7.76. The fraction of sp³-hybridized carbons (Fsp3) is 0.261. The number of hydrogen-bond acceptors (Lipinski definition) is 5. The molecule has 0 spiro atoms. The summed E-state index contributed by atoms with van der Waals surface area (Å²) in [6.07, 6.45) is 2.63. The molecule has 0 radical (unpaired) electrons. The molecular formula is C23H24N6O. The van der Waals surface area contributed by atoms with Gasteiger partial charge in [-0.15, -0.1) is 0 Å². The van der Waals surface area contributed by atoms with Gasteiger partial charge < -0.3 is 5.32 Å². The molecule has 3 heterocycles. The van der Waals surface area contributed by atoms with Crippen LogP contribution in [0.5, 0.6) is 0 Å². The zero-order chi connectivity index (χ0) is 20.5. The average Bonchev–Trinajstić information content (AvgIpc) is 3.22. The van der Waals surface area contributed by atoms with Crippen LogP contribution in [0.25, 0.3) is 16.7 Å². The van der Waals surface area contributed by atoms with Gasteiger partial charge in [0.1, 0.15) is 5.39 Å². The number of aromatic nitrogens is 4. The largest absolute Gasteiger partial charge is 0.354 e. The second-order valence-electron chi connectivity index (χ2n) is 7.76. The van der Waals surface area contributed by atoms with Crippen LogP contribution in [-0.4, -0.2) is 43.8 Å². The molecule has 0 amide bonds. The molecule has 152 valence electrons. The van der Waals surface area contributed by atoms with Crippen molar-refractivity contribution in [2.45, 2.75) is 25.9 Å². The Morgan fingerprint density at radius 1 is 1.10 bits per heavy atom. The van der Waals surface area contributed by atoms with Gasteiger partial charge in [-0.1, -0.05) is 42.5 Å². The lowest BCUT2D eigenvalue weighted by atomic mass is 9.99. The van der Waals surface area contributed by atoms with Gasteiger partial charge in [0.25, 0.3) is 5.56 Å². The molecule has 4 aromatic rings. The van der Waals surface area contributed by atoms with Crippen LogP contribution in [0.2, 0.25) is 0 Å². The zero-order valence-corrected chi connectivity index (χ0v) is 16.9. The maximum atomic E-state index is 12.5. The first-order valence-corrected chi connectivity index (χ1v) is 10.3. The van der Waals surface area contributed by atoms with E-state index in [1.54, 1.807) is 10.9 Å². The van der Waals surface area contributed by atoms with E-state index in [9.17, 15) is 4.79 Å². The lowest BCUT2D eigenvalue weighted by Crippen LogP contribution is -2.41. The normalized spacial score (nSPS) is 15.1. The molecule has 2 N–H and O–H groups in total. The van der Waals surface area contributed by atoms with Gasteiger partial charge in [-0.05, 0) is 36.6 Å². The van der Waals surface area contributed by atoms with E-state index < -0.39 is 0 Å². The Balaban J connectivity index is 1.34. The maximum Gasteiger partial charge on any atom is 0.263 e. The van der Waals surface area contributed by atoms with E-state index in [4.69, 9.17) is 0 Å². The molecule has 7 nitrogen and oxygen atoms in total. The van der Waals surface area contributed by atoms with Crippen LogP contribution in [0.15, 0.2) is 65.6 Å². The summed E-state index contributed by atoms with van der Waals surface area (Å²) in [6.45, 7) is 4.87. The first-order valence-electron chi connectivity index (χ1n) is 10.3. The molecule has 0 saturated heterocycles. The highest BCUT2D eigenvalue weighted by Crippen LogP contribution is 2.20. The fourth-order valence-electron chi connectivity index (χ4n) is 4.03. The van der Waals surface area contributed by atoms with Gasteiger partial charge in [0, 0.05) is 25.7 Å². The molecule has 1 aliphatic heterocycles. The quantitative estimate of drug-likeness (QED) is 0.539. The van der Waals surface area contributed by atoms with Crippen molar-refractivity contribution in [3.05, 3.63) is 82.3 Å². The number of H-pyrrole nitrogens is 1. The van der Waals surface area contributed by atoms with Gasteiger partial charge in [0.15, 0.2) is 5.65 Å². The molecule has 0 fully saturated rings. The summed E-state index contributed by atoms with van der Waals surface area (Å²) in [5.41, 5.74) is 4.07. The summed E-state index contributed by atoms with van der Waals surface area (Å²) in [5, 5.41) is 8.15. The lowest BCUT2D eigenvalue weighted by Gasteiger charge is -2.33. The lowest BCUT2D eigenvalue weighted by molar-refractivity contribution is 0.198. The minimum atomic E-state index is -0.191. The predicted octanol–water partition coefficient (Wildman–Crippen LogP) is 2.97. The van der Waals surface area contributed by atoms with Gasteiger partial charge in [-0.3, -0.25) is 14.7 Å². The third kappa shape index (κ3) is 3.48. The molecule has 1 aliphatic rings. The van der Waals surface area contributed by atoms with Crippen LogP contribution in [0.3, 0.4) is 0 Å². The van der Waals surface area contributed by atoms with E-state index in [1.165, 1.54) is 11.1 Å². The number of para-hydroxylation sites is 1. The monoisotopic (exact) mass is 400 g/mol. The van der Waals surface area contributed by atoms with E-state index in [0.29, 0.717) is 29.6 Å². The van der Waals surface area contributed by atoms with Crippen molar-refractivity contribution in [1.82, 2.24) is 24.6 Å². The molecular weight excluding hydrogens is 376 g/mol. The molecule has 0 saturated carbocycles. The van der Waals surface area contributed by atoms with Gasteiger partial charge >= 0.3 is 0 Å². The molecule has 0 aliphatic carbocycles. The van der Waals surface area contributed by atoms with E-state index in [0.717, 1.165) is 25.2 Å². The first kappa shape index (κ1) is 18.6. The minimum Gasteiger partial charge on any atom is -0.354 e. The highest BCUT2D eigenvalue weighted by Gasteiger charge is 2.20. The van der Waals surface area contributed by atoms with Crippen LogP contribution in [0.1, 0.15) is 18.1 Å². The summed E-state index contributed by atoms with van der Waals surface area (Å²) in [4.78, 5) is 22.5. The Morgan fingerprint density at radius 2 is 1.87 bits per heavy atom. The number of benzene rings is 2. The molecule has 1 unspecified atom stereocenters. The average molecular weight is 400 g/mol. The molecule has 5 rings (SSSR count). The number of aromatic amines is 1. The summed E-state index contributed by atoms with van der Waals surface area (Å²) in [7, 11) is 0. The summed E-state index contributed by atoms with van der Waals surface area (Å²) < 4.78 is 1.70. The SMILES string of the molecule is CC(CNc1nc2c(cnn2-c2ccccc2)c(=O)[nH]1)N1CCc2ccccc2C1. The molecule has 7 heteroatoms. The van der Waals surface area contributed by atoms with Crippen LogP contribution >= 0.6 is 0 Å². The summed E-state index contributed by atoms with van der Waals surface area (Å²) in [5.74, 6) is 0.467. The third-order valence-corrected chi connectivity index (χ3v) is 5.79. The van der Waals surface area contributed by atoms with E-state index in [2.05, 4.69) is 56.5 Å². The van der Waals surface area contributed by atoms with Crippen LogP contribution in [-0.2, 0) is 13.0 Å². The van der Waals surface area contributed by atoms with Crippen molar-refractivity contribution < 1.29 is 0 Å². The van der Waals surface area contributed by atoms with Gasteiger partial charge in [0.05, 0.1) is 11.9 Å². The van der Waals surface area contributed by atoms with Crippen molar-refractivity contribution in [3.63, 3.8) is 0 Å². The highest BCUT2D eigenvalue weighted by molar-refractivity contribution is 5.76. The van der Waals surface area contributed by atoms with Crippen molar-refractivity contribution in [2.75, 3.05) is 18.4 Å². The van der Waals surface area contributed by atoms with Crippen LogP contribution in [0.4, 0.5) is 5.95 Å². The maximum absolute atomic E-state index is 12.5. The number of nitrogens with zero attached hydrogens (tertiary/aromatic N) is 4. The van der Waals surface area contributed by atoms with Gasteiger partial charge in [-0.25, -0.2) is 4.68 Å². The molecule has 2 aromatic carbocycles. The molecule has 0 bridgehead atoms. The standard InChI is InChI=1S/C23H24N6O/c1-16(28-12-11-17-7-5-6-8-18(17)15-28)13-24-23-26-21-20(22(30)27-23)14-25-29(21)19-9-3-2-4-10-19/h2-10,14,16H,11-13,15H2,1H3,(H2,24,26,27,30). The summed E-state index contributed by atoms with van der Waals surface area (Å²) >= 11 is 0. The Morgan fingerprint density at radius 3 is 2.70 bits per heavy atom. The van der Waals surface area contributed by atoms with Crippen molar-refractivity contribution >= 4 is 17.0 Å². The van der Waals surface area contributed by atoms with Crippen molar-refractivity contribution in [1.29, 1.82) is 0 Å². The minimum absolute atomic E-state index is 0.191. The van der Waals surface area contributed by atoms with Crippen molar-refractivity contribution in [2.24, 2.45) is 0 Å². The number of anilines is 1. The Labute approximate surface area is 174 Å². The van der Waals surface area contributed by atoms with Gasteiger partial charge in [0.2, 0.25) is 5.95 Å². The number of hydrogen-bond donors (Lipinski definition) is 2.